The highest BCUT2D eigenvalue weighted by atomic mass is 16.5. The average molecular weight is 411 g/mol. The van der Waals surface area contributed by atoms with Crippen LogP contribution in [0.4, 0.5) is 0 Å². The molecule has 30 heavy (non-hydrogen) atoms. The van der Waals surface area contributed by atoms with Crippen molar-refractivity contribution in [2.45, 2.75) is 13.0 Å². The highest BCUT2D eigenvalue weighted by molar-refractivity contribution is 5.91. The van der Waals surface area contributed by atoms with Gasteiger partial charge in [0.1, 0.15) is 0 Å². The molecule has 1 amide bonds. The normalized spacial score (nSPS) is 15.7. The third-order valence-corrected chi connectivity index (χ3v) is 5.25. The number of nitrogens with zero attached hydrogens (tertiary/aromatic N) is 1. The Bertz CT molecular complexity index is 858. The monoisotopic (exact) mass is 410 g/mol. The Morgan fingerprint density at radius 1 is 1.10 bits per heavy atom. The van der Waals surface area contributed by atoms with E-state index in [-0.39, 0.29) is 11.9 Å². The Labute approximate surface area is 178 Å². The van der Waals surface area contributed by atoms with Gasteiger partial charge in [0.05, 0.1) is 33.5 Å². The minimum absolute atomic E-state index is 0.0189. The fourth-order valence-electron chi connectivity index (χ4n) is 3.51. The summed E-state index contributed by atoms with van der Waals surface area (Å²) in [6, 6.07) is 14.0. The van der Waals surface area contributed by atoms with Crippen molar-refractivity contribution in [3.8, 4) is 11.5 Å². The van der Waals surface area contributed by atoms with Crippen molar-refractivity contribution in [3.63, 3.8) is 0 Å². The van der Waals surface area contributed by atoms with Crippen LogP contribution in [0.25, 0.3) is 6.08 Å². The van der Waals surface area contributed by atoms with Gasteiger partial charge in [-0.2, -0.15) is 0 Å². The number of nitrogens with one attached hydrogen (secondary N) is 1. The van der Waals surface area contributed by atoms with Gasteiger partial charge in [0, 0.05) is 25.7 Å². The standard InChI is InChI=1S/C24H30N2O4/c1-18-4-6-19(7-5-18)8-11-24(27)25-17-21(26-12-14-30-15-13-26)20-9-10-22(28-2)23(16-20)29-3/h4-11,16,21H,12-15,17H2,1-3H3,(H,25,27)/b11-8+. The van der Waals surface area contributed by atoms with Crippen LogP contribution in [0.1, 0.15) is 22.7 Å². The summed E-state index contributed by atoms with van der Waals surface area (Å²) >= 11 is 0. The lowest BCUT2D eigenvalue weighted by Gasteiger charge is -2.35. The van der Waals surface area contributed by atoms with Crippen LogP contribution in [0.3, 0.4) is 0 Å². The first-order chi connectivity index (χ1) is 14.6. The zero-order valence-electron chi connectivity index (χ0n) is 17.9. The minimum Gasteiger partial charge on any atom is -0.493 e. The summed E-state index contributed by atoms with van der Waals surface area (Å²) in [5.74, 6) is 1.25. The molecule has 1 aliphatic heterocycles. The molecule has 0 radical (unpaired) electrons. The van der Waals surface area contributed by atoms with Gasteiger partial charge >= 0.3 is 0 Å². The van der Waals surface area contributed by atoms with E-state index in [4.69, 9.17) is 14.2 Å². The molecule has 2 aromatic carbocycles. The third kappa shape index (κ3) is 5.84. The number of benzene rings is 2. The molecule has 1 unspecified atom stereocenters. The first kappa shape index (κ1) is 21.9. The molecule has 160 valence electrons. The largest absolute Gasteiger partial charge is 0.493 e. The molecule has 1 saturated heterocycles. The van der Waals surface area contributed by atoms with Gasteiger partial charge in [-0.05, 0) is 36.3 Å². The number of hydrogen-bond donors (Lipinski definition) is 1. The summed E-state index contributed by atoms with van der Waals surface area (Å²) < 4.78 is 16.3. The Hall–Kier alpha value is -2.83. The molecule has 0 aromatic heterocycles. The summed E-state index contributed by atoms with van der Waals surface area (Å²) in [5, 5.41) is 3.05. The maximum atomic E-state index is 12.4. The second kappa shape index (κ2) is 10.8. The van der Waals surface area contributed by atoms with Crippen LogP contribution in [0.2, 0.25) is 0 Å². The van der Waals surface area contributed by atoms with Gasteiger partial charge in [0.2, 0.25) is 5.91 Å². The van der Waals surface area contributed by atoms with E-state index < -0.39 is 0 Å². The lowest BCUT2D eigenvalue weighted by atomic mass is 10.0. The topological polar surface area (TPSA) is 60.0 Å². The average Bonchev–Trinajstić information content (AvgIpc) is 2.79. The van der Waals surface area contributed by atoms with Crippen LogP contribution in [-0.4, -0.2) is 57.9 Å². The SMILES string of the molecule is COc1ccc(C(CNC(=O)/C=C/c2ccc(C)cc2)N2CCOCC2)cc1OC. The van der Waals surface area contributed by atoms with Crippen LogP contribution in [0.15, 0.2) is 48.5 Å². The van der Waals surface area contributed by atoms with Crippen LogP contribution in [0, 0.1) is 6.92 Å². The molecular weight excluding hydrogens is 380 g/mol. The molecular formula is C24H30N2O4. The zero-order valence-corrected chi connectivity index (χ0v) is 17.9. The van der Waals surface area contributed by atoms with Gasteiger partial charge in [-0.3, -0.25) is 9.69 Å². The van der Waals surface area contributed by atoms with Crippen molar-refractivity contribution in [1.29, 1.82) is 0 Å². The smallest absolute Gasteiger partial charge is 0.244 e. The molecule has 0 spiro atoms. The third-order valence-electron chi connectivity index (χ3n) is 5.25. The van der Waals surface area contributed by atoms with Crippen molar-refractivity contribution >= 4 is 12.0 Å². The number of amides is 1. The Morgan fingerprint density at radius 3 is 2.47 bits per heavy atom. The second-order valence-corrected chi connectivity index (χ2v) is 7.27. The number of methoxy groups -OCH3 is 2. The Kier molecular flexibility index (Phi) is 7.88. The zero-order chi connectivity index (χ0) is 21.3. The molecule has 3 rings (SSSR count). The predicted molar refractivity (Wildman–Crippen MR) is 118 cm³/mol. The molecule has 1 fully saturated rings. The number of carbonyl (C=O) groups excluding carboxylic acids is 1. The van der Waals surface area contributed by atoms with Gasteiger partial charge in [-0.1, -0.05) is 35.9 Å². The van der Waals surface area contributed by atoms with E-state index in [9.17, 15) is 4.79 Å². The molecule has 1 atom stereocenters. The van der Waals surface area contributed by atoms with Crippen molar-refractivity contribution in [1.82, 2.24) is 10.2 Å². The molecule has 0 bridgehead atoms. The van der Waals surface area contributed by atoms with Crippen molar-refractivity contribution in [3.05, 3.63) is 65.2 Å². The maximum absolute atomic E-state index is 12.4. The lowest BCUT2D eigenvalue weighted by Crippen LogP contribution is -2.43. The highest BCUT2D eigenvalue weighted by Gasteiger charge is 2.24. The molecule has 0 aliphatic carbocycles. The van der Waals surface area contributed by atoms with Gasteiger partial charge in [0.15, 0.2) is 11.5 Å². The fraction of sp³-hybridized carbons (Fsp3) is 0.375. The predicted octanol–water partition coefficient (Wildman–Crippen LogP) is 3.22. The lowest BCUT2D eigenvalue weighted by molar-refractivity contribution is -0.116. The number of carbonyl (C=O) groups is 1. The molecule has 1 heterocycles. The maximum Gasteiger partial charge on any atom is 0.244 e. The minimum atomic E-state index is -0.116. The van der Waals surface area contributed by atoms with Crippen LogP contribution in [0.5, 0.6) is 11.5 Å². The molecule has 6 nitrogen and oxygen atoms in total. The van der Waals surface area contributed by atoms with Gasteiger partial charge in [-0.15, -0.1) is 0 Å². The Morgan fingerprint density at radius 2 is 1.80 bits per heavy atom. The number of morpholine rings is 1. The van der Waals surface area contributed by atoms with E-state index in [0.29, 0.717) is 31.3 Å². The van der Waals surface area contributed by atoms with Gasteiger partial charge in [-0.25, -0.2) is 0 Å². The van der Waals surface area contributed by atoms with E-state index >= 15 is 0 Å². The summed E-state index contributed by atoms with van der Waals surface area (Å²) in [5.41, 5.74) is 3.26. The van der Waals surface area contributed by atoms with Crippen LogP contribution in [-0.2, 0) is 9.53 Å². The molecule has 1 aliphatic rings. The summed E-state index contributed by atoms with van der Waals surface area (Å²) in [4.78, 5) is 14.8. The van der Waals surface area contributed by atoms with E-state index in [1.54, 1.807) is 20.3 Å². The van der Waals surface area contributed by atoms with E-state index in [1.165, 1.54) is 5.56 Å². The molecule has 1 N–H and O–H groups in total. The highest BCUT2D eigenvalue weighted by Crippen LogP contribution is 2.32. The first-order valence-electron chi connectivity index (χ1n) is 10.2. The fourth-order valence-corrected chi connectivity index (χ4v) is 3.51. The number of ether oxygens (including phenoxy) is 3. The van der Waals surface area contributed by atoms with Crippen LogP contribution >= 0.6 is 0 Å². The molecule has 6 heteroatoms. The number of aryl methyl sites for hydroxylation is 1. The number of hydrogen-bond acceptors (Lipinski definition) is 5. The Balaban J connectivity index is 1.71. The summed E-state index contributed by atoms with van der Waals surface area (Å²) in [6.07, 6.45) is 3.41. The first-order valence-corrected chi connectivity index (χ1v) is 10.2. The van der Waals surface area contributed by atoms with Crippen molar-refractivity contribution in [2.75, 3.05) is 47.1 Å². The van der Waals surface area contributed by atoms with Gasteiger partial charge < -0.3 is 19.5 Å². The molecule has 2 aromatic rings. The summed E-state index contributed by atoms with van der Waals surface area (Å²) in [7, 11) is 3.25. The van der Waals surface area contributed by atoms with E-state index in [1.807, 2.05) is 55.5 Å². The van der Waals surface area contributed by atoms with Crippen LogP contribution < -0.4 is 14.8 Å². The van der Waals surface area contributed by atoms with E-state index in [2.05, 4.69) is 10.2 Å². The van der Waals surface area contributed by atoms with E-state index in [0.717, 1.165) is 24.2 Å². The molecule has 0 saturated carbocycles. The van der Waals surface area contributed by atoms with Crippen molar-refractivity contribution in [2.24, 2.45) is 0 Å². The summed E-state index contributed by atoms with van der Waals surface area (Å²) in [6.45, 7) is 5.53. The van der Waals surface area contributed by atoms with Crippen molar-refractivity contribution < 1.29 is 19.0 Å². The second-order valence-electron chi connectivity index (χ2n) is 7.27. The quantitative estimate of drug-likeness (QED) is 0.677. The number of rotatable bonds is 8. The van der Waals surface area contributed by atoms with Gasteiger partial charge in [0.25, 0.3) is 0 Å².